The molecule has 0 bridgehead atoms. The second kappa shape index (κ2) is 8.10. The van der Waals surface area contributed by atoms with E-state index < -0.39 is 17.7 Å². The number of rotatable bonds is 7. The molecular formula is C17H20N2O4S. The molecule has 2 heterocycles. The summed E-state index contributed by atoms with van der Waals surface area (Å²) in [4.78, 5) is 39.6. The summed E-state index contributed by atoms with van der Waals surface area (Å²) in [6.45, 7) is 7.06. The third kappa shape index (κ3) is 4.44. The highest BCUT2D eigenvalue weighted by Crippen LogP contribution is 2.22. The quantitative estimate of drug-likeness (QED) is 0.817. The maximum atomic E-state index is 12.4. The van der Waals surface area contributed by atoms with Crippen molar-refractivity contribution in [3.63, 3.8) is 0 Å². The largest absolute Gasteiger partial charge is 0.426 e. The van der Waals surface area contributed by atoms with Gasteiger partial charge in [-0.3, -0.25) is 14.6 Å². The summed E-state index contributed by atoms with van der Waals surface area (Å²) in [6, 6.07) is 2.03. The number of carbonyl (C=O) groups excluding carboxylic acids is 2. The first-order valence-electron chi connectivity index (χ1n) is 7.74. The van der Waals surface area contributed by atoms with Gasteiger partial charge in [-0.15, -0.1) is 11.8 Å². The maximum Gasteiger partial charge on any atom is 0.336 e. The minimum Gasteiger partial charge on any atom is -0.426 e. The van der Waals surface area contributed by atoms with Gasteiger partial charge in [0.05, 0.1) is 6.04 Å². The van der Waals surface area contributed by atoms with Crippen LogP contribution < -0.4 is 10.9 Å². The second-order valence-corrected chi connectivity index (χ2v) is 6.49. The van der Waals surface area contributed by atoms with Gasteiger partial charge in [-0.25, -0.2) is 4.79 Å². The Hall–Kier alpha value is -2.15. The molecule has 1 aromatic rings. The summed E-state index contributed by atoms with van der Waals surface area (Å²) in [7, 11) is 0. The van der Waals surface area contributed by atoms with E-state index in [-0.39, 0.29) is 11.7 Å². The smallest absolute Gasteiger partial charge is 0.336 e. The van der Waals surface area contributed by atoms with Gasteiger partial charge in [0.15, 0.2) is 5.78 Å². The zero-order chi connectivity index (χ0) is 17.7. The van der Waals surface area contributed by atoms with Gasteiger partial charge in [-0.1, -0.05) is 26.0 Å². The Balaban J connectivity index is 2.18. The lowest BCUT2D eigenvalue weighted by atomic mass is 10.1. The predicted octanol–water partition coefficient (Wildman–Crippen LogP) is 2.34. The Labute approximate surface area is 144 Å². The van der Waals surface area contributed by atoms with Crippen LogP contribution in [0.1, 0.15) is 44.1 Å². The molecule has 2 unspecified atom stereocenters. The molecule has 2 rings (SSSR count). The predicted molar refractivity (Wildman–Crippen MR) is 95.2 cm³/mol. The number of thioether (sulfide) groups is 1. The first kappa shape index (κ1) is 18.2. The number of ketones is 1. The van der Waals surface area contributed by atoms with Crippen molar-refractivity contribution in [3.05, 3.63) is 40.5 Å². The standard InChI is InChI=1S/C17H20N2O4S/c1-4-6-12(14-7-11(5-2)8-15(21)23-14)18-16(22)13-9-24-17(19-13)10(3)20/h5,7-8,12-13H,2,4,6,9H2,1,3H3,(H,18,22). The minimum absolute atomic E-state index is 0.134. The third-order valence-corrected chi connectivity index (χ3v) is 4.69. The van der Waals surface area contributed by atoms with Crippen LogP contribution in [0, 0.1) is 0 Å². The summed E-state index contributed by atoms with van der Waals surface area (Å²) >= 11 is 1.28. The summed E-state index contributed by atoms with van der Waals surface area (Å²) in [5.41, 5.74) is 0.163. The molecule has 0 aromatic carbocycles. The zero-order valence-corrected chi connectivity index (χ0v) is 14.5. The van der Waals surface area contributed by atoms with Crippen LogP contribution in [0.15, 0.2) is 32.9 Å². The lowest BCUT2D eigenvalue weighted by Gasteiger charge is -2.18. The topological polar surface area (TPSA) is 88.7 Å². The Morgan fingerprint density at radius 2 is 2.29 bits per heavy atom. The highest BCUT2D eigenvalue weighted by molar-refractivity contribution is 8.16. The molecule has 0 aliphatic carbocycles. The molecule has 2 atom stereocenters. The van der Waals surface area contributed by atoms with Crippen molar-refractivity contribution in [2.75, 3.05) is 5.75 Å². The van der Waals surface area contributed by atoms with E-state index in [1.54, 1.807) is 12.1 Å². The van der Waals surface area contributed by atoms with Crippen LogP contribution >= 0.6 is 11.8 Å². The molecular weight excluding hydrogens is 328 g/mol. The fourth-order valence-corrected chi connectivity index (χ4v) is 3.30. The molecule has 6 nitrogen and oxygen atoms in total. The van der Waals surface area contributed by atoms with Gasteiger partial charge in [0, 0.05) is 18.7 Å². The van der Waals surface area contributed by atoms with Crippen molar-refractivity contribution in [2.45, 2.75) is 38.8 Å². The number of amides is 1. The molecule has 128 valence electrons. The molecule has 0 radical (unpaired) electrons. The maximum absolute atomic E-state index is 12.4. The van der Waals surface area contributed by atoms with Crippen molar-refractivity contribution in [3.8, 4) is 0 Å². The fourth-order valence-electron chi connectivity index (χ4n) is 2.35. The zero-order valence-electron chi connectivity index (χ0n) is 13.7. The molecule has 7 heteroatoms. The van der Waals surface area contributed by atoms with Gasteiger partial charge >= 0.3 is 5.63 Å². The lowest BCUT2D eigenvalue weighted by molar-refractivity contribution is -0.122. The number of hydrogen-bond acceptors (Lipinski definition) is 6. The van der Waals surface area contributed by atoms with Crippen molar-refractivity contribution in [1.29, 1.82) is 0 Å². The molecule has 1 N–H and O–H groups in total. The van der Waals surface area contributed by atoms with E-state index >= 15 is 0 Å². The molecule has 1 aromatic heterocycles. The van der Waals surface area contributed by atoms with Gasteiger partial charge in [0.25, 0.3) is 0 Å². The van der Waals surface area contributed by atoms with Crippen LogP contribution in [0.2, 0.25) is 0 Å². The normalized spacial score (nSPS) is 17.9. The van der Waals surface area contributed by atoms with Crippen LogP contribution in [0.5, 0.6) is 0 Å². The summed E-state index contributed by atoms with van der Waals surface area (Å²) in [6.07, 6.45) is 2.98. The van der Waals surface area contributed by atoms with E-state index in [4.69, 9.17) is 4.42 Å². The molecule has 1 aliphatic heterocycles. The molecule has 0 saturated carbocycles. The third-order valence-electron chi connectivity index (χ3n) is 3.54. The van der Waals surface area contributed by atoms with Crippen molar-refractivity contribution in [2.24, 2.45) is 4.99 Å². The van der Waals surface area contributed by atoms with Crippen molar-refractivity contribution in [1.82, 2.24) is 5.32 Å². The van der Waals surface area contributed by atoms with Gasteiger partial charge in [-0.2, -0.15) is 0 Å². The van der Waals surface area contributed by atoms with Gasteiger partial charge in [-0.05, 0) is 18.1 Å². The molecule has 0 fully saturated rings. The van der Waals surface area contributed by atoms with Crippen LogP contribution in [0.4, 0.5) is 0 Å². The Kier molecular flexibility index (Phi) is 6.14. The average molecular weight is 348 g/mol. The molecule has 24 heavy (non-hydrogen) atoms. The van der Waals surface area contributed by atoms with E-state index in [1.165, 1.54) is 24.8 Å². The van der Waals surface area contributed by atoms with Crippen LogP contribution in [-0.4, -0.2) is 28.5 Å². The molecule has 0 spiro atoms. The van der Waals surface area contributed by atoms with E-state index in [2.05, 4.69) is 16.9 Å². The first-order chi connectivity index (χ1) is 11.4. The Morgan fingerprint density at radius 1 is 1.54 bits per heavy atom. The van der Waals surface area contributed by atoms with Crippen LogP contribution in [-0.2, 0) is 9.59 Å². The number of nitrogens with zero attached hydrogens (tertiary/aromatic N) is 1. The van der Waals surface area contributed by atoms with Crippen LogP contribution in [0.3, 0.4) is 0 Å². The number of aliphatic imine (C=N–C) groups is 1. The number of Topliss-reactive ketones (excluding diaryl/α,β-unsaturated/α-hetero) is 1. The lowest BCUT2D eigenvalue weighted by Crippen LogP contribution is -2.37. The van der Waals surface area contributed by atoms with E-state index in [1.807, 2.05) is 6.92 Å². The van der Waals surface area contributed by atoms with Gasteiger partial charge in [0.2, 0.25) is 5.91 Å². The summed E-state index contributed by atoms with van der Waals surface area (Å²) in [5.74, 6) is 0.430. The SMILES string of the molecule is C=Cc1cc(C(CCC)NC(=O)C2CSC(C(C)=O)=N2)oc(=O)c1. The summed E-state index contributed by atoms with van der Waals surface area (Å²) in [5, 5.41) is 3.25. The van der Waals surface area contributed by atoms with Crippen molar-refractivity contribution >= 4 is 34.6 Å². The average Bonchev–Trinajstić information content (AvgIpc) is 3.04. The molecule has 0 saturated heterocycles. The monoisotopic (exact) mass is 348 g/mol. The Morgan fingerprint density at radius 3 is 2.88 bits per heavy atom. The van der Waals surface area contributed by atoms with Crippen LogP contribution in [0.25, 0.3) is 6.08 Å². The highest BCUT2D eigenvalue weighted by atomic mass is 32.2. The van der Waals surface area contributed by atoms with Gasteiger partial charge < -0.3 is 9.73 Å². The minimum atomic E-state index is -0.595. The number of hydrogen-bond donors (Lipinski definition) is 1. The second-order valence-electron chi connectivity index (χ2n) is 5.48. The first-order valence-corrected chi connectivity index (χ1v) is 8.72. The summed E-state index contributed by atoms with van der Waals surface area (Å²) < 4.78 is 5.24. The highest BCUT2D eigenvalue weighted by Gasteiger charge is 2.29. The number of carbonyl (C=O) groups is 2. The fraction of sp³-hybridized carbons (Fsp3) is 0.412. The van der Waals surface area contributed by atoms with Crippen molar-refractivity contribution < 1.29 is 14.0 Å². The van der Waals surface area contributed by atoms with Gasteiger partial charge in [0.1, 0.15) is 16.8 Å². The Bertz CT molecular complexity index is 738. The van der Waals surface area contributed by atoms with E-state index in [0.29, 0.717) is 28.5 Å². The number of nitrogens with one attached hydrogen (secondary N) is 1. The van der Waals surface area contributed by atoms with E-state index in [9.17, 15) is 14.4 Å². The molecule has 1 amide bonds. The van der Waals surface area contributed by atoms with E-state index in [0.717, 1.165) is 6.42 Å². The molecule has 1 aliphatic rings.